The molecule has 14 heteroatoms. The highest BCUT2D eigenvalue weighted by atomic mass is 32.2. The third kappa shape index (κ3) is 13.6. The van der Waals surface area contributed by atoms with Gasteiger partial charge in [0.25, 0.3) is 0 Å². The minimum Gasteiger partial charge on any atom is -0.481 e. The number of nitrogens with one attached hydrogen (secondary N) is 3. The van der Waals surface area contributed by atoms with Crippen LogP contribution in [0.5, 0.6) is 0 Å². The molecule has 4 atom stereocenters. The maximum atomic E-state index is 12.9. The van der Waals surface area contributed by atoms with E-state index in [0.29, 0.717) is 30.1 Å². The molecule has 0 radical (unpaired) electrons. The van der Waals surface area contributed by atoms with E-state index in [9.17, 15) is 29.1 Å². The molecule has 0 rings (SSSR count). The lowest BCUT2D eigenvalue weighted by atomic mass is 10.1. The summed E-state index contributed by atoms with van der Waals surface area (Å²) in [5.74, 6) is -3.01. The molecule has 11 nitrogen and oxygen atoms in total. The first-order valence-corrected chi connectivity index (χ1v) is 14.3. The van der Waals surface area contributed by atoms with Crippen LogP contribution in [-0.4, -0.2) is 100 Å². The number of rotatable bonds is 18. The number of thioether (sulfide) groups is 3. The van der Waals surface area contributed by atoms with Gasteiger partial charge in [0, 0.05) is 0 Å². The zero-order valence-electron chi connectivity index (χ0n) is 19.0. The van der Waals surface area contributed by atoms with E-state index in [-0.39, 0.29) is 6.42 Å². The lowest BCUT2D eigenvalue weighted by Gasteiger charge is -2.25. The molecule has 0 aromatic heterocycles. The van der Waals surface area contributed by atoms with E-state index in [1.54, 1.807) is 18.0 Å². The molecule has 0 aliphatic carbocycles. The van der Waals surface area contributed by atoms with Crippen molar-refractivity contribution in [3.8, 4) is 0 Å². The van der Waals surface area contributed by atoms with Crippen molar-refractivity contribution in [2.75, 3.05) is 36.0 Å². The predicted molar refractivity (Wildman–Crippen MR) is 133 cm³/mol. The van der Waals surface area contributed by atoms with E-state index in [1.807, 2.05) is 12.5 Å². The molecule has 4 unspecified atom stereocenters. The van der Waals surface area contributed by atoms with Crippen LogP contribution >= 0.6 is 35.3 Å². The molecule has 0 aliphatic rings. The summed E-state index contributed by atoms with van der Waals surface area (Å²) in [4.78, 5) is 60.2. The van der Waals surface area contributed by atoms with Gasteiger partial charge in [0.2, 0.25) is 17.7 Å². The second kappa shape index (κ2) is 17.8. The third-order valence-corrected chi connectivity index (χ3v) is 6.38. The Labute approximate surface area is 206 Å². The van der Waals surface area contributed by atoms with Crippen molar-refractivity contribution in [1.82, 2.24) is 16.0 Å². The smallest absolute Gasteiger partial charge is 0.326 e. The van der Waals surface area contributed by atoms with Crippen molar-refractivity contribution in [2.24, 2.45) is 5.73 Å². The van der Waals surface area contributed by atoms with Gasteiger partial charge < -0.3 is 31.9 Å². The fraction of sp³-hybridized carbons (Fsp3) is 0.737. The Hall–Kier alpha value is -1.64. The van der Waals surface area contributed by atoms with Crippen LogP contribution < -0.4 is 21.7 Å². The Kier molecular flexibility index (Phi) is 16.9. The molecule has 0 heterocycles. The molecule has 190 valence electrons. The number of carbonyl (C=O) groups excluding carboxylic acids is 3. The quantitative estimate of drug-likeness (QED) is 0.136. The van der Waals surface area contributed by atoms with Crippen LogP contribution in [0.25, 0.3) is 0 Å². The van der Waals surface area contributed by atoms with Gasteiger partial charge in [-0.3, -0.25) is 19.2 Å². The number of carboxylic acids is 2. The minimum atomic E-state index is -1.63. The van der Waals surface area contributed by atoms with Crippen LogP contribution in [0.3, 0.4) is 0 Å². The Morgan fingerprint density at radius 3 is 1.48 bits per heavy atom. The fourth-order valence-corrected chi connectivity index (χ4v) is 4.02. The second-order valence-corrected chi connectivity index (χ2v) is 10.0. The molecular formula is C19H34N4O7S3. The molecule has 3 amide bonds. The van der Waals surface area contributed by atoms with Gasteiger partial charge in [0.05, 0.1) is 12.5 Å². The van der Waals surface area contributed by atoms with Crippen LogP contribution in [-0.2, 0) is 24.0 Å². The van der Waals surface area contributed by atoms with Gasteiger partial charge in [0.15, 0.2) is 0 Å². The van der Waals surface area contributed by atoms with E-state index < -0.39 is 60.2 Å². The Morgan fingerprint density at radius 1 is 0.697 bits per heavy atom. The average molecular weight is 527 g/mol. The number of carboxylic acid groups (broad SMARTS) is 2. The molecule has 0 saturated heterocycles. The number of carbonyl (C=O) groups is 5. The summed E-state index contributed by atoms with van der Waals surface area (Å²) >= 11 is 4.45. The highest BCUT2D eigenvalue weighted by Gasteiger charge is 2.30. The number of hydrogen-bond acceptors (Lipinski definition) is 9. The van der Waals surface area contributed by atoms with E-state index >= 15 is 0 Å². The fourth-order valence-electron chi connectivity index (χ4n) is 2.58. The van der Waals surface area contributed by atoms with Crippen LogP contribution in [0.15, 0.2) is 0 Å². The number of nitrogens with two attached hydrogens (primary N) is 1. The summed E-state index contributed by atoms with van der Waals surface area (Å²) in [7, 11) is 0. The number of hydrogen-bond donors (Lipinski definition) is 6. The molecule has 0 spiro atoms. The second-order valence-electron chi connectivity index (χ2n) is 7.07. The van der Waals surface area contributed by atoms with E-state index in [0.717, 1.165) is 0 Å². The van der Waals surface area contributed by atoms with Crippen molar-refractivity contribution in [3.05, 3.63) is 0 Å². The van der Waals surface area contributed by atoms with E-state index in [2.05, 4.69) is 16.0 Å². The lowest BCUT2D eigenvalue weighted by molar-refractivity contribution is -0.147. The summed E-state index contributed by atoms with van der Waals surface area (Å²) < 4.78 is 0. The molecular weight excluding hydrogens is 492 g/mol. The standard InChI is InChI=1S/C19H34N4O7S3/c1-31-7-4-11(20)16(26)21-12(5-8-32-2)17(27)22-13(6-9-33-3)18(28)23-14(19(29)30)10-15(24)25/h11-14H,4-10,20H2,1-3H3,(H,21,26)(H,22,27)(H,23,28)(H,24,25)(H,29,30). The SMILES string of the molecule is CSCCC(N)C(=O)NC(CCSC)C(=O)NC(CCSC)C(=O)NC(CC(=O)O)C(=O)O. The van der Waals surface area contributed by atoms with Crippen LogP contribution in [0.1, 0.15) is 25.7 Å². The molecule has 0 aromatic carbocycles. The highest BCUT2D eigenvalue weighted by Crippen LogP contribution is 2.07. The minimum absolute atomic E-state index is 0.189. The van der Waals surface area contributed by atoms with E-state index in [4.69, 9.17) is 10.8 Å². The van der Waals surface area contributed by atoms with Crippen LogP contribution in [0, 0.1) is 0 Å². The molecule has 7 N–H and O–H groups in total. The summed E-state index contributed by atoms with van der Waals surface area (Å²) in [6, 6.07) is -4.43. The summed E-state index contributed by atoms with van der Waals surface area (Å²) in [6.07, 6.45) is 5.69. The maximum Gasteiger partial charge on any atom is 0.326 e. The summed E-state index contributed by atoms with van der Waals surface area (Å²) in [6.45, 7) is 0. The predicted octanol–water partition coefficient (Wildman–Crippen LogP) is -0.413. The van der Waals surface area contributed by atoms with Crippen molar-refractivity contribution >= 4 is 64.9 Å². The van der Waals surface area contributed by atoms with Crippen molar-refractivity contribution < 1.29 is 34.2 Å². The molecule has 0 aliphatic heterocycles. The molecule has 0 bridgehead atoms. The topological polar surface area (TPSA) is 188 Å². The largest absolute Gasteiger partial charge is 0.481 e. The monoisotopic (exact) mass is 526 g/mol. The summed E-state index contributed by atoms with van der Waals surface area (Å²) in [5, 5.41) is 25.4. The van der Waals surface area contributed by atoms with Crippen LogP contribution in [0.4, 0.5) is 0 Å². The zero-order chi connectivity index (χ0) is 25.4. The van der Waals surface area contributed by atoms with Gasteiger partial charge in [-0.25, -0.2) is 4.79 Å². The zero-order valence-corrected chi connectivity index (χ0v) is 21.4. The van der Waals surface area contributed by atoms with Gasteiger partial charge in [-0.05, 0) is 55.3 Å². The third-order valence-electron chi connectivity index (χ3n) is 4.45. The molecule has 0 saturated carbocycles. The van der Waals surface area contributed by atoms with E-state index in [1.165, 1.54) is 23.5 Å². The maximum absolute atomic E-state index is 12.9. The average Bonchev–Trinajstić information content (AvgIpc) is 2.76. The van der Waals surface area contributed by atoms with Gasteiger partial charge in [-0.1, -0.05) is 0 Å². The van der Waals surface area contributed by atoms with Gasteiger partial charge in [-0.2, -0.15) is 35.3 Å². The lowest BCUT2D eigenvalue weighted by Crippen LogP contribution is -2.57. The first-order valence-electron chi connectivity index (χ1n) is 10.1. The molecule has 33 heavy (non-hydrogen) atoms. The highest BCUT2D eigenvalue weighted by molar-refractivity contribution is 7.98. The molecule has 0 aromatic rings. The normalized spacial score (nSPS) is 14.4. The first-order chi connectivity index (χ1) is 15.6. The van der Waals surface area contributed by atoms with Crippen molar-refractivity contribution in [1.29, 1.82) is 0 Å². The number of aliphatic carboxylic acids is 2. The summed E-state index contributed by atoms with van der Waals surface area (Å²) in [5.41, 5.74) is 5.89. The van der Waals surface area contributed by atoms with Crippen molar-refractivity contribution in [3.63, 3.8) is 0 Å². The van der Waals surface area contributed by atoms with Gasteiger partial charge >= 0.3 is 11.9 Å². The Morgan fingerprint density at radius 2 is 1.09 bits per heavy atom. The first kappa shape index (κ1) is 31.4. The van der Waals surface area contributed by atoms with Gasteiger partial charge in [0.1, 0.15) is 18.1 Å². The number of amides is 3. The molecule has 0 fully saturated rings. The van der Waals surface area contributed by atoms with Crippen molar-refractivity contribution in [2.45, 2.75) is 49.9 Å². The van der Waals surface area contributed by atoms with Gasteiger partial charge in [-0.15, -0.1) is 0 Å². The Balaban J connectivity index is 5.38. The van der Waals surface area contributed by atoms with Crippen LogP contribution in [0.2, 0.25) is 0 Å². The Bertz CT molecular complexity index is 669.